The zero-order chi connectivity index (χ0) is 8.85. The molecular formula is C10H23N. The molecule has 0 saturated carbocycles. The van der Waals surface area contributed by atoms with Crippen LogP contribution < -0.4 is 5.73 Å². The van der Waals surface area contributed by atoms with Crippen molar-refractivity contribution in [2.24, 2.45) is 17.6 Å². The summed E-state index contributed by atoms with van der Waals surface area (Å²) in [6.45, 7) is 8.91. The second kappa shape index (κ2) is 5.59. The van der Waals surface area contributed by atoms with Gasteiger partial charge in [0.1, 0.15) is 0 Å². The van der Waals surface area contributed by atoms with Crippen LogP contribution in [0, 0.1) is 11.8 Å². The molecule has 11 heavy (non-hydrogen) atoms. The molecule has 0 spiro atoms. The molecule has 0 fully saturated rings. The number of hydrogen-bond donors (Lipinski definition) is 1. The van der Waals surface area contributed by atoms with Crippen molar-refractivity contribution in [3.8, 4) is 0 Å². The van der Waals surface area contributed by atoms with E-state index < -0.39 is 0 Å². The van der Waals surface area contributed by atoms with E-state index in [2.05, 4.69) is 27.7 Å². The normalized spacial score (nSPS) is 19.4. The molecule has 0 aliphatic carbocycles. The fourth-order valence-corrected chi connectivity index (χ4v) is 1.46. The van der Waals surface area contributed by atoms with Gasteiger partial charge in [-0.1, -0.05) is 33.6 Å². The summed E-state index contributed by atoms with van der Waals surface area (Å²) in [7, 11) is 0. The average molecular weight is 157 g/mol. The summed E-state index contributed by atoms with van der Waals surface area (Å²) in [5.74, 6) is 1.53. The van der Waals surface area contributed by atoms with Crippen molar-refractivity contribution in [2.75, 3.05) is 0 Å². The average Bonchev–Trinajstić information content (AvgIpc) is 1.87. The minimum atomic E-state index is 0.356. The van der Waals surface area contributed by atoms with Crippen LogP contribution in [0.4, 0.5) is 0 Å². The molecule has 0 aromatic rings. The first-order valence-corrected chi connectivity index (χ1v) is 4.83. The Kier molecular flexibility index (Phi) is 5.57. The van der Waals surface area contributed by atoms with Gasteiger partial charge in [-0.3, -0.25) is 0 Å². The number of rotatable bonds is 5. The molecule has 0 aliphatic heterocycles. The van der Waals surface area contributed by atoms with Crippen LogP contribution in [0.2, 0.25) is 0 Å². The molecule has 0 radical (unpaired) electrons. The molecule has 1 nitrogen and oxygen atoms in total. The van der Waals surface area contributed by atoms with Crippen LogP contribution in [-0.2, 0) is 0 Å². The van der Waals surface area contributed by atoms with Crippen molar-refractivity contribution in [3.63, 3.8) is 0 Å². The lowest BCUT2D eigenvalue weighted by Crippen LogP contribution is -2.25. The van der Waals surface area contributed by atoms with E-state index in [0.717, 1.165) is 5.92 Å². The SMILES string of the molecule is CCCC(C)CC(C)C(C)N. The van der Waals surface area contributed by atoms with Crippen LogP contribution in [0.3, 0.4) is 0 Å². The number of nitrogens with two attached hydrogens (primary N) is 1. The van der Waals surface area contributed by atoms with Crippen molar-refractivity contribution in [1.29, 1.82) is 0 Å². The van der Waals surface area contributed by atoms with Crippen molar-refractivity contribution in [2.45, 2.75) is 53.0 Å². The molecule has 3 atom stereocenters. The molecule has 0 rings (SSSR count). The zero-order valence-corrected chi connectivity index (χ0v) is 8.43. The van der Waals surface area contributed by atoms with Gasteiger partial charge in [0.15, 0.2) is 0 Å². The lowest BCUT2D eigenvalue weighted by Gasteiger charge is -2.19. The first kappa shape index (κ1) is 11.0. The van der Waals surface area contributed by atoms with Gasteiger partial charge in [0.25, 0.3) is 0 Å². The minimum Gasteiger partial charge on any atom is -0.328 e. The Hall–Kier alpha value is -0.0400. The summed E-state index contributed by atoms with van der Waals surface area (Å²) < 4.78 is 0. The first-order valence-electron chi connectivity index (χ1n) is 4.83. The van der Waals surface area contributed by atoms with Gasteiger partial charge in [-0.25, -0.2) is 0 Å². The van der Waals surface area contributed by atoms with Gasteiger partial charge < -0.3 is 5.73 Å². The van der Waals surface area contributed by atoms with E-state index >= 15 is 0 Å². The van der Waals surface area contributed by atoms with Gasteiger partial charge in [0.05, 0.1) is 0 Å². The van der Waals surface area contributed by atoms with Gasteiger partial charge >= 0.3 is 0 Å². The van der Waals surface area contributed by atoms with Crippen LogP contribution in [-0.4, -0.2) is 6.04 Å². The van der Waals surface area contributed by atoms with E-state index in [-0.39, 0.29) is 0 Å². The van der Waals surface area contributed by atoms with Crippen LogP contribution in [0.5, 0.6) is 0 Å². The monoisotopic (exact) mass is 157 g/mol. The Balaban J connectivity index is 3.48. The Bertz CT molecular complexity index is 88.9. The maximum absolute atomic E-state index is 5.78. The first-order chi connectivity index (χ1) is 5.07. The van der Waals surface area contributed by atoms with Gasteiger partial charge in [-0.05, 0) is 25.2 Å². The summed E-state index contributed by atoms with van der Waals surface area (Å²) in [6, 6.07) is 0.356. The third-order valence-corrected chi connectivity index (χ3v) is 2.45. The van der Waals surface area contributed by atoms with E-state index in [9.17, 15) is 0 Å². The fraction of sp³-hybridized carbons (Fsp3) is 1.00. The summed E-state index contributed by atoms with van der Waals surface area (Å²) >= 11 is 0. The highest BCUT2D eigenvalue weighted by Crippen LogP contribution is 2.17. The summed E-state index contributed by atoms with van der Waals surface area (Å²) in [6.07, 6.45) is 3.93. The maximum Gasteiger partial charge on any atom is 0.00362 e. The van der Waals surface area contributed by atoms with E-state index in [1.165, 1.54) is 19.3 Å². The largest absolute Gasteiger partial charge is 0.328 e. The number of hydrogen-bond acceptors (Lipinski definition) is 1. The Morgan fingerprint density at radius 1 is 1.18 bits per heavy atom. The standard InChI is InChI=1S/C10H23N/c1-5-6-8(2)7-9(3)10(4)11/h8-10H,5-7,11H2,1-4H3. The Morgan fingerprint density at radius 3 is 2.09 bits per heavy atom. The molecule has 1 heteroatoms. The lowest BCUT2D eigenvalue weighted by atomic mass is 9.90. The van der Waals surface area contributed by atoms with Crippen LogP contribution in [0.1, 0.15) is 47.0 Å². The summed E-state index contributed by atoms with van der Waals surface area (Å²) in [5, 5.41) is 0. The highest BCUT2D eigenvalue weighted by Gasteiger charge is 2.11. The van der Waals surface area contributed by atoms with Gasteiger partial charge in [-0.15, -0.1) is 0 Å². The molecule has 0 aliphatic rings. The van der Waals surface area contributed by atoms with Crippen molar-refractivity contribution < 1.29 is 0 Å². The molecule has 0 amide bonds. The third-order valence-electron chi connectivity index (χ3n) is 2.45. The fourth-order valence-electron chi connectivity index (χ4n) is 1.46. The van der Waals surface area contributed by atoms with Crippen molar-refractivity contribution in [3.05, 3.63) is 0 Å². The third kappa shape index (κ3) is 5.25. The highest BCUT2D eigenvalue weighted by molar-refractivity contribution is 4.66. The molecule has 0 bridgehead atoms. The minimum absolute atomic E-state index is 0.356. The summed E-state index contributed by atoms with van der Waals surface area (Å²) in [5.41, 5.74) is 5.78. The smallest absolute Gasteiger partial charge is 0.00362 e. The second-order valence-corrected chi connectivity index (χ2v) is 3.97. The van der Waals surface area contributed by atoms with Crippen LogP contribution in [0.25, 0.3) is 0 Å². The summed E-state index contributed by atoms with van der Waals surface area (Å²) in [4.78, 5) is 0. The van der Waals surface area contributed by atoms with Gasteiger partial charge in [-0.2, -0.15) is 0 Å². The molecule has 0 aromatic carbocycles. The molecule has 3 unspecified atom stereocenters. The van der Waals surface area contributed by atoms with E-state index in [4.69, 9.17) is 5.73 Å². The Labute approximate surface area is 71.4 Å². The predicted octanol–water partition coefficient (Wildman–Crippen LogP) is 2.80. The molecule has 0 saturated heterocycles. The molecular weight excluding hydrogens is 134 g/mol. The highest BCUT2D eigenvalue weighted by atomic mass is 14.6. The lowest BCUT2D eigenvalue weighted by molar-refractivity contribution is 0.355. The predicted molar refractivity (Wildman–Crippen MR) is 51.5 cm³/mol. The molecule has 0 heterocycles. The van der Waals surface area contributed by atoms with Crippen molar-refractivity contribution in [1.82, 2.24) is 0 Å². The van der Waals surface area contributed by atoms with Crippen LogP contribution in [0.15, 0.2) is 0 Å². The van der Waals surface area contributed by atoms with Gasteiger partial charge in [0, 0.05) is 6.04 Å². The molecule has 68 valence electrons. The van der Waals surface area contributed by atoms with Crippen molar-refractivity contribution >= 4 is 0 Å². The van der Waals surface area contributed by atoms with E-state index in [1.807, 2.05) is 0 Å². The second-order valence-electron chi connectivity index (χ2n) is 3.97. The molecule has 0 aromatic heterocycles. The quantitative estimate of drug-likeness (QED) is 0.652. The van der Waals surface area contributed by atoms with Crippen LogP contribution >= 0.6 is 0 Å². The Morgan fingerprint density at radius 2 is 1.73 bits per heavy atom. The van der Waals surface area contributed by atoms with E-state index in [1.54, 1.807) is 0 Å². The zero-order valence-electron chi connectivity index (χ0n) is 8.43. The maximum atomic E-state index is 5.78. The van der Waals surface area contributed by atoms with E-state index in [0.29, 0.717) is 12.0 Å². The topological polar surface area (TPSA) is 26.0 Å². The van der Waals surface area contributed by atoms with Gasteiger partial charge in [0.2, 0.25) is 0 Å². The molecule has 2 N–H and O–H groups in total.